The van der Waals surface area contributed by atoms with Crippen LogP contribution in [0.15, 0.2) is 53.3 Å². The molecule has 1 aromatic carbocycles. The highest BCUT2D eigenvalue weighted by molar-refractivity contribution is 7.99. The van der Waals surface area contributed by atoms with Gasteiger partial charge in [0.2, 0.25) is 5.91 Å². The number of aromatic nitrogens is 4. The van der Waals surface area contributed by atoms with Crippen LogP contribution in [-0.4, -0.2) is 38.1 Å². The van der Waals surface area contributed by atoms with Crippen molar-refractivity contribution >= 4 is 34.8 Å². The first kappa shape index (κ1) is 23.6. The normalized spacial score (nSPS) is 10.8. The molecule has 0 unspecified atom stereocenters. The highest BCUT2D eigenvalue weighted by Crippen LogP contribution is 2.31. The first-order chi connectivity index (χ1) is 16.5. The number of anilines is 1. The topological polar surface area (TPSA) is 97.8 Å². The molecule has 0 aliphatic rings. The minimum atomic E-state index is -0.221. The molecule has 0 saturated carbocycles. The standard InChI is InChI=1S/C24H24N6O2S2/c1-16-17(2)30(18-6-8-19(32-3)9-7-18)23(21(16)13-25)27-22(31)14-34-24-28-26-15-29(24)11-10-20-5-4-12-33-20/h4-9,12,15H,10-11,14H2,1-3H3,(H,27,31). The number of nitriles is 1. The van der Waals surface area contributed by atoms with E-state index in [9.17, 15) is 10.1 Å². The number of nitrogens with one attached hydrogen (secondary N) is 1. The summed E-state index contributed by atoms with van der Waals surface area (Å²) in [5.74, 6) is 1.12. The molecule has 3 heterocycles. The summed E-state index contributed by atoms with van der Waals surface area (Å²) in [5.41, 5.74) is 3.00. The largest absolute Gasteiger partial charge is 0.497 e. The summed E-state index contributed by atoms with van der Waals surface area (Å²) in [5, 5.41) is 23.6. The quantitative estimate of drug-likeness (QED) is 0.343. The zero-order valence-electron chi connectivity index (χ0n) is 19.1. The van der Waals surface area contributed by atoms with Crippen molar-refractivity contribution in [1.82, 2.24) is 19.3 Å². The minimum Gasteiger partial charge on any atom is -0.497 e. The Morgan fingerprint density at radius 1 is 1.26 bits per heavy atom. The van der Waals surface area contributed by atoms with E-state index < -0.39 is 0 Å². The van der Waals surface area contributed by atoms with E-state index in [1.165, 1.54) is 16.6 Å². The second kappa shape index (κ2) is 10.6. The molecule has 1 N–H and O–H groups in total. The predicted octanol–water partition coefficient (Wildman–Crippen LogP) is 4.60. The van der Waals surface area contributed by atoms with Gasteiger partial charge in [-0.25, -0.2) is 0 Å². The molecular formula is C24H24N6O2S2. The van der Waals surface area contributed by atoms with E-state index in [1.807, 2.05) is 53.3 Å². The van der Waals surface area contributed by atoms with Gasteiger partial charge in [-0.3, -0.25) is 9.36 Å². The van der Waals surface area contributed by atoms with Crippen LogP contribution in [-0.2, 0) is 17.8 Å². The molecule has 1 amide bonds. The number of nitrogens with zero attached hydrogens (tertiary/aromatic N) is 5. The lowest BCUT2D eigenvalue weighted by atomic mass is 10.2. The van der Waals surface area contributed by atoms with Crippen molar-refractivity contribution in [2.24, 2.45) is 0 Å². The fourth-order valence-electron chi connectivity index (χ4n) is 3.61. The number of amides is 1. The van der Waals surface area contributed by atoms with Gasteiger partial charge >= 0.3 is 0 Å². The monoisotopic (exact) mass is 492 g/mol. The third kappa shape index (κ3) is 5.00. The minimum absolute atomic E-state index is 0.147. The molecule has 34 heavy (non-hydrogen) atoms. The van der Waals surface area contributed by atoms with Gasteiger partial charge in [-0.15, -0.1) is 21.5 Å². The molecule has 0 bridgehead atoms. The van der Waals surface area contributed by atoms with Gasteiger partial charge in [-0.05, 0) is 61.5 Å². The first-order valence-corrected chi connectivity index (χ1v) is 12.5. The predicted molar refractivity (Wildman–Crippen MR) is 134 cm³/mol. The maximum atomic E-state index is 12.9. The van der Waals surface area contributed by atoms with Crippen LogP contribution in [0.1, 0.15) is 21.7 Å². The number of aryl methyl sites for hydroxylation is 2. The number of benzene rings is 1. The van der Waals surface area contributed by atoms with Gasteiger partial charge in [0.25, 0.3) is 0 Å². The van der Waals surface area contributed by atoms with Crippen molar-refractivity contribution in [2.45, 2.75) is 32.0 Å². The Morgan fingerprint density at radius 3 is 2.74 bits per heavy atom. The number of thioether (sulfide) groups is 1. The molecule has 4 aromatic rings. The van der Waals surface area contributed by atoms with Crippen LogP contribution in [0.3, 0.4) is 0 Å². The molecule has 0 fully saturated rings. The molecule has 4 rings (SSSR count). The highest BCUT2D eigenvalue weighted by Gasteiger charge is 2.21. The average molecular weight is 493 g/mol. The molecule has 0 aliphatic carbocycles. The van der Waals surface area contributed by atoms with Crippen LogP contribution in [0.4, 0.5) is 5.82 Å². The maximum absolute atomic E-state index is 12.9. The number of hydrogen-bond donors (Lipinski definition) is 1. The smallest absolute Gasteiger partial charge is 0.236 e. The van der Waals surface area contributed by atoms with E-state index in [4.69, 9.17) is 4.74 Å². The SMILES string of the molecule is COc1ccc(-n2c(C)c(C)c(C#N)c2NC(=O)CSc2nncn2CCc2cccs2)cc1. The van der Waals surface area contributed by atoms with E-state index in [2.05, 4.69) is 33.0 Å². The van der Waals surface area contributed by atoms with Gasteiger partial charge in [0, 0.05) is 22.8 Å². The van der Waals surface area contributed by atoms with Crippen LogP contribution < -0.4 is 10.1 Å². The van der Waals surface area contributed by atoms with Crippen molar-refractivity contribution in [1.29, 1.82) is 5.26 Å². The second-order valence-corrected chi connectivity index (χ2v) is 9.53. The molecule has 10 heteroatoms. The Balaban J connectivity index is 1.49. The van der Waals surface area contributed by atoms with Crippen molar-refractivity contribution in [3.05, 3.63) is 69.8 Å². The summed E-state index contributed by atoms with van der Waals surface area (Å²) in [7, 11) is 1.61. The summed E-state index contributed by atoms with van der Waals surface area (Å²) in [6.07, 6.45) is 2.57. The van der Waals surface area contributed by atoms with Gasteiger partial charge in [-0.1, -0.05) is 17.8 Å². The Hall–Kier alpha value is -3.55. The zero-order valence-corrected chi connectivity index (χ0v) is 20.7. The van der Waals surface area contributed by atoms with Crippen LogP contribution in [0.25, 0.3) is 5.69 Å². The van der Waals surface area contributed by atoms with Crippen molar-refractivity contribution in [2.75, 3.05) is 18.2 Å². The van der Waals surface area contributed by atoms with E-state index in [1.54, 1.807) is 24.8 Å². The lowest BCUT2D eigenvalue weighted by Crippen LogP contribution is -2.18. The van der Waals surface area contributed by atoms with Gasteiger partial charge in [0.05, 0.1) is 18.4 Å². The summed E-state index contributed by atoms with van der Waals surface area (Å²) in [4.78, 5) is 14.2. The van der Waals surface area contributed by atoms with Gasteiger partial charge in [0.15, 0.2) is 5.16 Å². The number of ether oxygens (including phenoxy) is 1. The lowest BCUT2D eigenvalue weighted by molar-refractivity contribution is -0.113. The van der Waals surface area contributed by atoms with E-state index >= 15 is 0 Å². The molecule has 0 aliphatic heterocycles. The summed E-state index contributed by atoms with van der Waals surface area (Å²) < 4.78 is 9.09. The number of methoxy groups -OCH3 is 1. The zero-order chi connectivity index (χ0) is 24.1. The summed E-state index contributed by atoms with van der Waals surface area (Å²) in [6.45, 7) is 4.56. The fourth-order valence-corrected chi connectivity index (χ4v) is 5.05. The third-order valence-electron chi connectivity index (χ3n) is 5.51. The van der Waals surface area contributed by atoms with E-state index in [0.717, 1.165) is 35.7 Å². The van der Waals surface area contributed by atoms with Crippen molar-refractivity contribution in [3.8, 4) is 17.5 Å². The Bertz CT molecular complexity index is 1320. The summed E-state index contributed by atoms with van der Waals surface area (Å²) >= 11 is 3.04. The molecule has 0 saturated heterocycles. The first-order valence-electron chi connectivity index (χ1n) is 10.6. The highest BCUT2D eigenvalue weighted by atomic mass is 32.2. The Morgan fingerprint density at radius 2 is 2.06 bits per heavy atom. The molecule has 0 radical (unpaired) electrons. The van der Waals surface area contributed by atoms with E-state index in [0.29, 0.717) is 16.5 Å². The van der Waals surface area contributed by atoms with Crippen LogP contribution >= 0.6 is 23.1 Å². The number of hydrogen-bond acceptors (Lipinski definition) is 7. The second-order valence-electron chi connectivity index (χ2n) is 7.55. The number of carbonyl (C=O) groups is 1. The van der Waals surface area contributed by atoms with Gasteiger partial charge < -0.3 is 14.6 Å². The molecule has 0 atom stereocenters. The summed E-state index contributed by atoms with van der Waals surface area (Å²) in [6, 6.07) is 13.9. The number of thiophene rings is 1. The van der Waals surface area contributed by atoms with Crippen molar-refractivity contribution < 1.29 is 9.53 Å². The number of rotatable bonds is 9. The van der Waals surface area contributed by atoms with Crippen molar-refractivity contribution in [3.63, 3.8) is 0 Å². The van der Waals surface area contributed by atoms with Gasteiger partial charge in [0.1, 0.15) is 24.0 Å². The van der Waals surface area contributed by atoms with E-state index in [-0.39, 0.29) is 11.7 Å². The van der Waals surface area contributed by atoms with Crippen LogP contribution in [0.5, 0.6) is 5.75 Å². The van der Waals surface area contributed by atoms with Crippen LogP contribution in [0.2, 0.25) is 0 Å². The Kier molecular flexibility index (Phi) is 7.35. The molecule has 174 valence electrons. The molecule has 3 aromatic heterocycles. The number of carbonyl (C=O) groups excluding carboxylic acids is 1. The molecule has 0 spiro atoms. The lowest BCUT2D eigenvalue weighted by Gasteiger charge is -2.14. The maximum Gasteiger partial charge on any atom is 0.236 e. The Labute approximate surface area is 206 Å². The van der Waals surface area contributed by atoms with Gasteiger partial charge in [-0.2, -0.15) is 5.26 Å². The molecular weight excluding hydrogens is 468 g/mol. The molecule has 8 nitrogen and oxygen atoms in total. The fraction of sp³-hybridized carbons (Fsp3) is 0.250. The third-order valence-corrected chi connectivity index (χ3v) is 7.42. The average Bonchev–Trinajstić information content (AvgIpc) is 3.58. The van der Waals surface area contributed by atoms with Crippen LogP contribution in [0, 0.1) is 25.2 Å².